The second kappa shape index (κ2) is 5.79. The molecule has 0 aromatic rings. The number of aliphatic hydroxyl groups is 1. The Kier molecular flexibility index (Phi) is 5.57. The molecule has 1 N–H and O–H groups in total. The first-order chi connectivity index (χ1) is 4.31. The molecule has 0 amide bonds. The van der Waals surface area contributed by atoms with Gasteiger partial charge in [-0.3, -0.25) is 0 Å². The molecular weight excluding hydrogens is 116 g/mol. The SMILES string of the molecule is [CH2]CCOC(O)C=CC. The van der Waals surface area contributed by atoms with Crippen LogP contribution in [0.3, 0.4) is 0 Å². The van der Waals surface area contributed by atoms with Crippen LogP contribution in [0.25, 0.3) is 0 Å². The van der Waals surface area contributed by atoms with Gasteiger partial charge in [-0.15, -0.1) is 0 Å². The van der Waals surface area contributed by atoms with Gasteiger partial charge in [-0.2, -0.15) is 0 Å². The first kappa shape index (κ1) is 8.66. The van der Waals surface area contributed by atoms with E-state index in [1.165, 1.54) is 0 Å². The average Bonchev–Trinajstić information content (AvgIpc) is 1.85. The Morgan fingerprint density at radius 3 is 2.89 bits per heavy atom. The Morgan fingerprint density at radius 2 is 2.44 bits per heavy atom. The summed E-state index contributed by atoms with van der Waals surface area (Å²) in [6.07, 6.45) is 3.26. The molecule has 0 saturated carbocycles. The molecule has 0 rings (SSSR count). The molecule has 0 aromatic heterocycles. The van der Waals surface area contributed by atoms with Crippen molar-refractivity contribution in [2.24, 2.45) is 0 Å². The van der Waals surface area contributed by atoms with Crippen molar-refractivity contribution in [2.45, 2.75) is 19.6 Å². The number of rotatable bonds is 4. The number of ether oxygens (including phenoxy) is 1. The fraction of sp³-hybridized carbons (Fsp3) is 0.571. The highest BCUT2D eigenvalue weighted by Gasteiger charge is 1.93. The van der Waals surface area contributed by atoms with Gasteiger partial charge < -0.3 is 9.84 Å². The molecule has 53 valence electrons. The van der Waals surface area contributed by atoms with Gasteiger partial charge in [-0.05, 0) is 19.4 Å². The van der Waals surface area contributed by atoms with Crippen LogP contribution in [0.2, 0.25) is 0 Å². The Morgan fingerprint density at radius 1 is 1.78 bits per heavy atom. The van der Waals surface area contributed by atoms with E-state index < -0.39 is 6.29 Å². The number of hydrogen-bond acceptors (Lipinski definition) is 2. The minimum atomic E-state index is -0.753. The van der Waals surface area contributed by atoms with Crippen LogP contribution < -0.4 is 0 Å². The summed E-state index contributed by atoms with van der Waals surface area (Å²) in [5, 5.41) is 8.84. The highest BCUT2D eigenvalue weighted by atomic mass is 16.6. The van der Waals surface area contributed by atoms with Gasteiger partial charge >= 0.3 is 0 Å². The topological polar surface area (TPSA) is 29.5 Å². The van der Waals surface area contributed by atoms with Crippen molar-refractivity contribution < 1.29 is 9.84 Å². The van der Waals surface area contributed by atoms with Gasteiger partial charge in [0.2, 0.25) is 0 Å². The van der Waals surface area contributed by atoms with Crippen LogP contribution in [0.1, 0.15) is 13.3 Å². The predicted molar refractivity (Wildman–Crippen MR) is 36.7 cm³/mol. The summed E-state index contributed by atoms with van der Waals surface area (Å²) in [4.78, 5) is 0. The molecule has 0 aliphatic carbocycles. The molecular formula is C7H13O2. The van der Waals surface area contributed by atoms with E-state index in [2.05, 4.69) is 6.92 Å². The molecule has 0 aliphatic rings. The predicted octanol–water partition coefficient (Wildman–Crippen LogP) is 1.12. The fourth-order valence-corrected chi connectivity index (χ4v) is 0.424. The second-order valence-electron chi connectivity index (χ2n) is 1.64. The van der Waals surface area contributed by atoms with Crippen molar-refractivity contribution in [1.82, 2.24) is 0 Å². The number of aliphatic hydroxyl groups excluding tert-OH is 1. The van der Waals surface area contributed by atoms with Crippen LogP contribution in [0.15, 0.2) is 12.2 Å². The van der Waals surface area contributed by atoms with Gasteiger partial charge in [-0.25, -0.2) is 0 Å². The Balaban J connectivity index is 3.15. The van der Waals surface area contributed by atoms with Crippen molar-refractivity contribution in [2.75, 3.05) is 6.61 Å². The third-order valence-electron chi connectivity index (χ3n) is 0.790. The molecule has 9 heavy (non-hydrogen) atoms. The van der Waals surface area contributed by atoms with Gasteiger partial charge in [0.15, 0.2) is 6.29 Å². The molecule has 0 heterocycles. The van der Waals surface area contributed by atoms with Crippen LogP contribution in [0.5, 0.6) is 0 Å². The molecule has 0 aromatic carbocycles. The normalized spacial score (nSPS) is 14.6. The quantitative estimate of drug-likeness (QED) is 0.455. The van der Waals surface area contributed by atoms with E-state index in [1.807, 2.05) is 6.92 Å². The van der Waals surface area contributed by atoms with E-state index >= 15 is 0 Å². The summed E-state index contributed by atoms with van der Waals surface area (Å²) in [6, 6.07) is 0. The summed E-state index contributed by atoms with van der Waals surface area (Å²) in [7, 11) is 0. The van der Waals surface area contributed by atoms with E-state index in [0.717, 1.165) is 0 Å². The lowest BCUT2D eigenvalue weighted by molar-refractivity contribution is -0.0624. The zero-order chi connectivity index (χ0) is 7.11. The van der Waals surface area contributed by atoms with E-state index in [0.29, 0.717) is 13.0 Å². The molecule has 1 unspecified atom stereocenters. The van der Waals surface area contributed by atoms with Crippen LogP contribution in [-0.4, -0.2) is 18.0 Å². The van der Waals surface area contributed by atoms with E-state index in [9.17, 15) is 0 Å². The fourth-order valence-electron chi connectivity index (χ4n) is 0.424. The van der Waals surface area contributed by atoms with Crippen LogP contribution in [0.4, 0.5) is 0 Å². The maximum atomic E-state index is 8.84. The summed E-state index contributed by atoms with van der Waals surface area (Å²) in [5.74, 6) is 0. The lowest BCUT2D eigenvalue weighted by Crippen LogP contribution is -2.08. The molecule has 0 fully saturated rings. The van der Waals surface area contributed by atoms with Gasteiger partial charge in [0, 0.05) is 0 Å². The second-order valence-corrected chi connectivity index (χ2v) is 1.64. The molecule has 1 atom stereocenters. The lowest BCUT2D eigenvalue weighted by Gasteiger charge is -2.04. The third-order valence-corrected chi connectivity index (χ3v) is 0.790. The maximum Gasteiger partial charge on any atom is 0.174 e. The summed E-state index contributed by atoms with van der Waals surface area (Å²) in [5.41, 5.74) is 0. The molecule has 0 bridgehead atoms. The smallest absolute Gasteiger partial charge is 0.174 e. The largest absolute Gasteiger partial charge is 0.365 e. The van der Waals surface area contributed by atoms with Crippen LogP contribution in [0, 0.1) is 6.92 Å². The Hall–Kier alpha value is -0.340. The van der Waals surface area contributed by atoms with E-state index in [4.69, 9.17) is 9.84 Å². The maximum absolute atomic E-state index is 8.84. The summed E-state index contributed by atoms with van der Waals surface area (Å²) >= 11 is 0. The zero-order valence-corrected chi connectivity index (χ0v) is 5.71. The Bertz CT molecular complexity index is 79.0. The molecule has 0 aliphatic heterocycles. The van der Waals surface area contributed by atoms with Crippen molar-refractivity contribution >= 4 is 0 Å². The summed E-state index contributed by atoms with van der Waals surface area (Å²) < 4.78 is 4.84. The first-order valence-electron chi connectivity index (χ1n) is 3.03. The average molecular weight is 129 g/mol. The zero-order valence-electron chi connectivity index (χ0n) is 5.71. The third kappa shape index (κ3) is 5.53. The van der Waals surface area contributed by atoms with Crippen molar-refractivity contribution in [1.29, 1.82) is 0 Å². The molecule has 1 radical (unpaired) electrons. The summed E-state index contributed by atoms with van der Waals surface area (Å²) in [6.45, 7) is 5.89. The monoisotopic (exact) mass is 129 g/mol. The lowest BCUT2D eigenvalue weighted by atomic mass is 10.5. The number of hydrogen-bond donors (Lipinski definition) is 1. The molecule has 0 saturated heterocycles. The van der Waals surface area contributed by atoms with Gasteiger partial charge in [0.1, 0.15) is 0 Å². The van der Waals surface area contributed by atoms with Crippen molar-refractivity contribution in [3.05, 3.63) is 19.1 Å². The van der Waals surface area contributed by atoms with Gasteiger partial charge in [0.25, 0.3) is 0 Å². The van der Waals surface area contributed by atoms with Gasteiger partial charge in [-0.1, -0.05) is 13.0 Å². The minimum absolute atomic E-state index is 0.505. The minimum Gasteiger partial charge on any atom is -0.365 e. The Labute approximate surface area is 56.1 Å². The van der Waals surface area contributed by atoms with Crippen molar-refractivity contribution in [3.8, 4) is 0 Å². The van der Waals surface area contributed by atoms with Crippen molar-refractivity contribution in [3.63, 3.8) is 0 Å². The van der Waals surface area contributed by atoms with E-state index in [1.54, 1.807) is 12.2 Å². The van der Waals surface area contributed by atoms with Crippen LogP contribution in [-0.2, 0) is 4.74 Å². The number of allylic oxidation sites excluding steroid dienone is 1. The standard InChI is InChI=1S/C7H13O2/c1-3-5-7(8)9-6-4-2/h3,5,7-8H,2,4,6H2,1H3. The van der Waals surface area contributed by atoms with Gasteiger partial charge in [0.05, 0.1) is 6.61 Å². The highest BCUT2D eigenvalue weighted by Crippen LogP contribution is 1.89. The van der Waals surface area contributed by atoms with E-state index in [-0.39, 0.29) is 0 Å². The van der Waals surface area contributed by atoms with Crippen LogP contribution >= 0.6 is 0 Å². The molecule has 2 heteroatoms. The molecule has 0 spiro atoms. The molecule has 2 nitrogen and oxygen atoms in total. The first-order valence-corrected chi connectivity index (χ1v) is 3.03. The highest BCUT2D eigenvalue weighted by molar-refractivity contribution is 4.79.